The van der Waals surface area contributed by atoms with Crippen LogP contribution in [0.4, 0.5) is 5.69 Å². The van der Waals surface area contributed by atoms with Crippen LogP contribution in [-0.4, -0.2) is 41.3 Å². The Labute approximate surface area is 154 Å². The highest BCUT2D eigenvalue weighted by atomic mass is 16.2. The molecule has 1 aliphatic heterocycles. The molecule has 26 heavy (non-hydrogen) atoms. The SMILES string of the molecule is CCN(C(=O)c1ccnc(C(=O)N2CCCCCC2)c1)c1ccccc1. The Morgan fingerprint density at radius 1 is 1.04 bits per heavy atom. The van der Waals surface area contributed by atoms with Crippen molar-refractivity contribution < 1.29 is 9.59 Å². The molecule has 1 aromatic heterocycles. The maximum atomic E-state index is 13.0. The molecule has 0 spiro atoms. The molecular formula is C21H25N3O2. The highest BCUT2D eigenvalue weighted by molar-refractivity contribution is 6.07. The monoisotopic (exact) mass is 351 g/mol. The lowest BCUT2D eigenvalue weighted by Gasteiger charge is -2.22. The summed E-state index contributed by atoms with van der Waals surface area (Å²) in [6.45, 7) is 4.03. The molecule has 0 aliphatic carbocycles. The quantitative estimate of drug-likeness (QED) is 0.843. The van der Waals surface area contributed by atoms with Crippen LogP contribution in [0, 0.1) is 0 Å². The van der Waals surface area contributed by atoms with Crippen molar-refractivity contribution in [2.75, 3.05) is 24.5 Å². The number of carbonyl (C=O) groups is 2. The molecule has 2 aromatic rings. The normalized spacial score (nSPS) is 14.6. The number of benzene rings is 1. The maximum absolute atomic E-state index is 13.0. The Kier molecular flexibility index (Phi) is 6.00. The molecule has 1 fully saturated rings. The number of hydrogen-bond acceptors (Lipinski definition) is 3. The summed E-state index contributed by atoms with van der Waals surface area (Å²) in [4.78, 5) is 33.5. The first-order valence-corrected chi connectivity index (χ1v) is 9.33. The minimum atomic E-state index is -0.119. The highest BCUT2D eigenvalue weighted by Crippen LogP contribution is 2.18. The molecular weight excluding hydrogens is 326 g/mol. The van der Waals surface area contributed by atoms with Gasteiger partial charge < -0.3 is 9.80 Å². The van der Waals surface area contributed by atoms with Crippen molar-refractivity contribution in [3.05, 3.63) is 59.9 Å². The molecule has 0 bridgehead atoms. The van der Waals surface area contributed by atoms with Crippen LogP contribution in [0.15, 0.2) is 48.7 Å². The van der Waals surface area contributed by atoms with E-state index in [0.717, 1.165) is 44.5 Å². The maximum Gasteiger partial charge on any atom is 0.272 e. The van der Waals surface area contributed by atoms with E-state index in [1.165, 1.54) is 0 Å². The van der Waals surface area contributed by atoms with Crippen LogP contribution in [0.1, 0.15) is 53.5 Å². The van der Waals surface area contributed by atoms with Gasteiger partial charge >= 0.3 is 0 Å². The van der Waals surface area contributed by atoms with Crippen molar-refractivity contribution in [2.24, 2.45) is 0 Å². The number of carbonyl (C=O) groups excluding carboxylic acids is 2. The van der Waals surface area contributed by atoms with Gasteiger partial charge in [-0.1, -0.05) is 31.0 Å². The largest absolute Gasteiger partial charge is 0.337 e. The Balaban J connectivity index is 1.81. The summed E-state index contributed by atoms with van der Waals surface area (Å²) in [6, 6.07) is 12.9. The zero-order chi connectivity index (χ0) is 18.4. The summed E-state index contributed by atoms with van der Waals surface area (Å²) >= 11 is 0. The third kappa shape index (κ3) is 4.10. The van der Waals surface area contributed by atoms with Crippen molar-refractivity contribution in [3.63, 3.8) is 0 Å². The zero-order valence-electron chi connectivity index (χ0n) is 15.2. The summed E-state index contributed by atoms with van der Waals surface area (Å²) in [5, 5.41) is 0. The fraction of sp³-hybridized carbons (Fsp3) is 0.381. The van der Waals surface area contributed by atoms with E-state index in [4.69, 9.17) is 0 Å². The standard InChI is InChI=1S/C21H25N3O2/c1-2-24(18-10-6-5-7-11-18)20(25)17-12-13-22-19(16-17)21(26)23-14-8-3-4-9-15-23/h5-7,10-13,16H,2-4,8-9,14-15H2,1H3. The molecule has 0 saturated carbocycles. The van der Waals surface area contributed by atoms with Crippen molar-refractivity contribution in [2.45, 2.75) is 32.6 Å². The first kappa shape index (κ1) is 18.1. The molecule has 5 nitrogen and oxygen atoms in total. The van der Waals surface area contributed by atoms with E-state index >= 15 is 0 Å². The molecule has 0 unspecified atom stereocenters. The van der Waals surface area contributed by atoms with Crippen LogP contribution < -0.4 is 4.90 Å². The van der Waals surface area contributed by atoms with Gasteiger partial charge in [0, 0.05) is 37.1 Å². The second-order valence-electron chi connectivity index (χ2n) is 6.52. The van der Waals surface area contributed by atoms with Gasteiger partial charge in [0.1, 0.15) is 5.69 Å². The third-order valence-corrected chi connectivity index (χ3v) is 4.75. The van der Waals surface area contributed by atoms with Crippen LogP contribution >= 0.6 is 0 Å². The molecule has 0 N–H and O–H groups in total. The van der Waals surface area contributed by atoms with Gasteiger partial charge in [0.05, 0.1) is 0 Å². The molecule has 0 radical (unpaired) electrons. The number of pyridine rings is 1. The predicted octanol–water partition coefficient (Wildman–Crippen LogP) is 3.76. The van der Waals surface area contributed by atoms with Gasteiger partial charge in [-0.25, -0.2) is 0 Å². The molecule has 1 aliphatic rings. The number of amides is 2. The number of hydrogen-bond donors (Lipinski definition) is 0. The number of anilines is 1. The molecule has 2 amide bonds. The van der Waals surface area contributed by atoms with Crippen molar-refractivity contribution >= 4 is 17.5 Å². The predicted molar refractivity (Wildman–Crippen MR) is 102 cm³/mol. The minimum Gasteiger partial charge on any atom is -0.337 e. The molecule has 2 heterocycles. The van der Waals surface area contributed by atoms with Gasteiger partial charge in [0.25, 0.3) is 11.8 Å². The van der Waals surface area contributed by atoms with Crippen LogP contribution in [0.25, 0.3) is 0 Å². The molecule has 3 rings (SSSR count). The average Bonchev–Trinajstić information content (AvgIpc) is 2.98. The lowest BCUT2D eigenvalue weighted by molar-refractivity contribution is 0.0755. The van der Waals surface area contributed by atoms with Crippen LogP contribution in [0.2, 0.25) is 0 Å². The van der Waals surface area contributed by atoms with Gasteiger partial charge in [-0.2, -0.15) is 0 Å². The summed E-state index contributed by atoms with van der Waals surface area (Å²) < 4.78 is 0. The highest BCUT2D eigenvalue weighted by Gasteiger charge is 2.21. The number of aromatic nitrogens is 1. The van der Waals surface area contributed by atoms with E-state index in [2.05, 4.69) is 4.98 Å². The second kappa shape index (κ2) is 8.61. The van der Waals surface area contributed by atoms with E-state index < -0.39 is 0 Å². The molecule has 5 heteroatoms. The Morgan fingerprint density at radius 2 is 1.73 bits per heavy atom. The van der Waals surface area contributed by atoms with E-state index in [1.807, 2.05) is 42.2 Å². The minimum absolute atomic E-state index is 0.0793. The Bertz CT molecular complexity index is 753. The molecule has 136 valence electrons. The van der Waals surface area contributed by atoms with Crippen molar-refractivity contribution in [1.29, 1.82) is 0 Å². The number of para-hydroxylation sites is 1. The van der Waals surface area contributed by atoms with E-state index in [0.29, 0.717) is 17.8 Å². The summed E-state index contributed by atoms with van der Waals surface area (Å²) in [7, 11) is 0. The summed E-state index contributed by atoms with van der Waals surface area (Å²) in [6.07, 6.45) is 5.94. The second-order valence-corrected chi connectivity index (χ2v) is 6.52. The number of rotatable bonds is 4. The summed E-state index contributed by atoms with van der Waals surface area (Å²) in [5.41, 5.74) is 1.68. The van der Waals surface area contributed by atoms with E-state index in [1.54, 1.807) is 23.2 Å². The van der Waals surface area contributed by atoms with E-state index in [9.17, 15) is 9.59 Å². The lowest BCUT2D eigenvalue weighted by atomic mass is 10.1. The number of likely N-dealkylation sites (tertiary alicyclic amines) is 1. The first-order valence-electron chi connectivity index (χ1n) is 9.33. The van der Waals surface area contributed by atoms with Gasteiger partial charge in [0.2, 0.25) is 0 Å². The van der Waals surface area contributed by atoms with Crippen LogP contribution in [0.3, 0.4) is 0 Å². The average molecular weight is 351 g/mol. The smallest absolute Gasteiger partial charge is 0.272 e. The van der Waals surface area contributed by atoms with Gasteiger partial charge in [-0.3, -0.25) is 14.6 Å². The zero-order valence-corrected chi connectivity index (χ0v) is 15.2. The molecule has 1 aromatic carbocycles. The van der Waals surface area contributed by atoms with Crippen LogP contribution in [-0.2, 0) is 0 Å². The van der Waals surface area contributed by atoms with Crippen LogP contribution in [0.5, 0.6) is 0 Å². The molecule has 1 saturated heterocycles. The van der Waals surface area contributed by atoms with E-state index in [-0.39, 0.29) is 11.8 Å². The van der Waals surface area contributed by atoms with Crippen molar-refractivity contribution in [1.82, 2.24) is 9.88 Å². The van der Waals surface area contributed by atoms with Gasteiger partial charge in [0.15, 0.2) is 0 Å². The van der Waals surface area contributed by atoms with Crippen molar-refractivity contribution in [3.8, 4) is 0 Å². The lowest BCUT2D eigenvalue weighted by Crippen LogP contribution is -2.33. The fourth-order valence-corrected chi connectivity index (χ4v) is 3.32. The Hall–Kier alpha value is -2.69. The third-order valence-electron chi connectivity index (χ3n) is 4.75. The van der Waals surface area contributed by atoms with Gasteiger partial charge in [-0.05, 0) is 44.0 Å². The summed E-state index contributed by atoms with van der Waals surface area (Å²) in [5.74, 6) is -0.199. The topological polar surface area (TPSA) is 53.5 Å². The first-order chi connectivity index (χ1) is 12.7. The van der Waals surface area contributed by atoms with Gasteiger partial charge in [-0.15, -0.1) is 0 Å². The Morgan fingerprint density at radius 3 is 2.38 bits per heavy atom. The molecule has 0 atom stereocenters. The number of nitrogens with zero attached hydrogens (tertiary/aromatic N) is 3. The fourth-order valence-electron chi connectivity index (χ4n) is 3.32.